The molecule has 0 fully saturated rings. The van der Waals surface area contributed by atoms with Crippen LogP contribution in [-0.4, -0.2) is 41.4 Å². The highest BCUT2D eigenvalue weighted by atomic mass is 16.5. The number of amides is 1. The van der Waals surface area contributed by atoms with E-state index in [4.69, 9.17) is 9.47 Å². The zero-order valence-electron chi connectivity index (χ0n) is 15.2. The molecule has 0 bridgehead atoms. The van der Waals surface area contributed by atoms with Crippen LogP contribution in [0.3, 0.4) is 0 Å². The predicted octanol–water partition coefficient (Wildman–Crippen LogP) is 2.89. The number of rotatable bonds is 8. The number of ether oxygens (including phenoxy) is 2. The van der Waals surface area contributed by atoms with Crippen LogP contribution in [0.2, 0.25) is 0 Å². The minimum absolute atomic E-state index is 0.0749. The monoisotopic (exact) mass is 343 g/mol. The minimum atomic E-state index is -0.0749. The lowest BCUT2D eigenvalue weighted by Gasteiger charge is -2.13. The smallest absolute Gasteiger partial charge is 0.246 e. The van der Waals surface area contributed by atoms with Crippen LogP contribution in [0.15, 0.2) is 36.7 Å². The predicted molar refractivity (Wildman–Crippen MR) is 97.5 cm³/mol. The lowest BCUT2D eigenvalue weighted by atomic mass is 10.2. The molecule has 0 atom stereocenters. The molecule has 25 heavy (non-hydrogen) atoms. The number of carbonyl (C=O) groups is 1. The molecule has 0 spiro atoms. The molecule has 1 aromatic heterocycles. The molecule has 0 unspecified atom stereocenters. The van der Waals surface area contributed by atoms with Crippen LogP contribution < -0.4 is 9.47 Å². The van der Waals surface area contributed by atoms with Gasteiger partial charge in [-0.3, -0.25) is 9.48 Å². The summed E-state index contributed by atoms with van der Waals surface area (Å²) in [5, 5.41) is 4.11. The van der Waals surface area contributed by atoms with Crippen LogP contribution >= 0.6 is 0 Å². The SMILES string of the molecule is CCCOc1ccc(/C=C/C(=O)N(C)Cc2cnn(C)c2)cc1OC. The van der Waals surface area contributed by atoms with E-state index in [0.29, 0.717) is 24.7 Å². The van der Waals surface area contributed by atoms with E-state index in [1.54, 1.807) is 42.1 Å². The highest BCUT2D eigenvalue weighted by Crippen LogP contribution is 2.28. The van der Waals surface area contributed by atoms with Gasteiger partial charge >= 0.3 is 0 Å². The van der Waals surface area contributed by atoms with Gasteiger partial charge in [0, 0.05) is 38.5 Å². The van der Waals surface area contributed by atoms with Crippen LogP contribution in [0.4, 0.5) is 0 Å². The summed E-state index contributed by atoms with van der Waals surface area (Å²) < 4.78 is 12.7. The van der Waals surface area contributed by atoms with Gasteiger partial charge in [0.25, 0.3) is 0 Å². The molecule has 0 saturated heterocycles. The molecule has 6 heteroatoms. The van der Waals surface area contributed by atoms with Crippen molar-refractivity contribution in [1.82, 2.24) is 14.7 Å². The van der Waals surface area contributed by atoms with Gasteiger partial charge in [0.15, 0.2) is 11.5 Å². The third-order valence-corrected chi connectivity index (χ3v) is 3.62. The van der Waals surface area contributed by atoms with Crippen molar-refractivity contribution >= 4 is 12.0 Å². The van der Waals surface area contributed by atoms with Crippen LogP contribution in [0.5, 0.6) is 11.5 Å². The Balaban J connectivity index is 2.00. The maximum atomic E-state index is 12.2. The lowest BCUT2D eigenvalue weighted by molar-refractivity contribution is -0.125. The fourth-order valence-electron chi connectivity index (χ4n) is 2.32. The van der Waals surface area contributed by atoms with Crippen molar-refractivity contribution in [1.29, 1.82) is 0 Å². The molecular formula is C19H25N3O3. The average molecular weight is 343 g/mol. The van der Waals surface area contributed by atoms with Crippen molar-refractivity contribution < 1.29 is 14.3 Å². The Labute approximate surface area is 148 Å². The largest absolute Gasteiger partial charge is 0.493 e. The van der Waals surface area contributed by atoms with Crippen LogP contribution in [-0.2, 0) is 18.4 Å². The highest BCUT2D eigenvalue weighted by molar-refractivity contribution is 5.91. The summed E-state index contributed by atoms with van der Waals surface area (Å²) in [6.07, 6.45) is 7.91. The molecular weight excluding hydrogens is 318 g/mol. The van der Waals surface area contributed by atoms with Gasteiger partial charge in [0.05, 0.1) is 19.9 Å². The number of aryl methyl sites for hydroxylation is 1. The van der Waals surface area contributed by atoms with Crippen molar-refractivity contribution in [2.45, 2.75) is 19.9 Å². The molecule has 0 radical (unpaired) electrons. The lowest BCUT2D eigenvalue weighted by Crippen LogP contribution is -2.23. The number of methoxy groups -OCH3 is 1. The number of aromatic nitrogens is 2. The van der Waals surface area contributed by atoms with Crippen molar-refractivity contribution in [2.24, 2.45) is 7.05 Å². The van der Waals surface area contributed by atoms with Crippen LogP contribution in [0.25, 0.3) is 6.08 Å². The third-order valence-electron chi connectivity index (χ3n) is 3.62. The average Bonchev–Trinajstić information content (AvgIpc) is 3.02. The van der Waals surface area contributed by atoms with Gasteiger partial charge in [0.2, 0.25) is 5.91 Å². The fourth-order valence-corrected chi connectivity index (χ4v) is 2.32. The van der Waals surface area contributed by atoms with E-state index in [0.717, 1.165) is 17.5 Å². The van der Waals surface area contributed by atoms with E-state index < -0.39 is 0 Å². The Morgan fingerprint density at radius 2 is 2.16 bits per heavy atom. The summed E-state index contributed by atoms with van der Waals surface area (Å²) in [6, 6.07) is 5.62. The number of hydrogen-bond acceptors (Lipinski definition) is 4. The first kappa shape index (κ1) is 18.6. The summed E-state index contributed by atoms with van der Waals surface area (Å²) in [6.45, 7) is 3.21. The molecule has 0 saturated carbocycles. The summed E-state index contributed by atoms with van der Waals surface area (Å²) in [4.78, 5) is 13.9. The Morgan fingerprint density at radius 1 is 1.36 bits per heavy atom. The Bertz CT molecular complexity index is 737. The van der Waals surface area contributed by atoms with Gasteiger partial charge in [-0.2, -0.15) is 5.10 Å². The Hall–Kier alpha value is -2.76. The second-order valence-corrected chi connectivity index (χ2v) is 5.81. The molecule has 1 heterocycles. The molecule has 0 N–H and O–H groups in total. The molecule has 6 nitrogen and oxygen atoms in total. The zero-order chi connectivity index (χ0) is 18.2. The van der Waals surface area contributed by atoms with E-state index in [2.05, 4.69) is 12.0 Å². The van der Waals surface area contributed by atoms with Crippen LogP contribution in [0.1, 0.15) is 24.5 Å². The van der Waals surface area contributed by atoms with E-state index in [-0.39, 0.29) is 5.91 Å². The maximum Gasteiger partial charge on any atom is 0.246 e. The number of nitrogens with zero attached hydrogens (tertiary/aromatic N) is 3. The van der Waals surface area contributed by atoms with E-state index in [1.807, 2.05) is 31.4 Å². The summed E-state index contributed by atoms with van der Waals surface area (Å²) in [5.74, 6) is 1.29. The van der Waals surface area contributed by atoms with Gasteiger partial charge in [-0.25, -0.2) is 0 Å². The van der Waals surface area contributed by atoms with Crippen molar-refractivity contribution in [3.8, 4) is 11.5 Å². The first-order valence-electron chi connectivity index (χ1n) is 8.25. The molecule has 0 aliphatic carbocycles. The fraction of sp³-hybridized carbons (Fsp3) is 0.368. The zero-order valence-corrected chi connectivity index (χ0v) is 15.2. The molecule has 1 aromatic carbocycles. The normalized spacial score (nSPS) is 10.9. The van der Waals surface area contributed by atoms with Gasteiger partial charge in [-0.05, 0) is 30.2 Å². The van der Waals surface area contributed by atoms with Crippen molar-refractivity contribution in [3.05, 3.63) is 47.8 Å². The minimum Gasteiger partial charge on any atom is -0.493 e. The van der Waals surface area contributed by atoms with Crippen LogP contribution in [0, 0.1) is 0 Å². The quantitative estimate of drug-likeness (QED) is 0.692. The van der Waals surface area contributed by atoms with E-state index in [9.17, 15) is 4.79 Å². The molecule has 134 valence electrons. The van der Waals surface area contributed by atoms with Gasteiger partial charge in [-0.1, -0.05) is 13.0 Å². The topological polar surface area (TPSA) is 56.6 Å². The highest BCUT2D eigenvalue weighted by Gasteiger charge is 2.08. The van der Waals surface area contributed by atoms with Gasteiger partial charge < -0.3 is 14.4 Å². The summed E-state index contributed by atoms with van der Waals surface area (Å²) >= 11 is 0. The first-order valence-corrected chi connectivity index (χ1v) is 8.25. The van der Waals surface area contributed by atoms with Gasteiger partial charge in [0.1, 0.15) is 0 Å². The third kappa shape index (κ3) is 5.38. The molecule has 0 aliphatic heterocycles. The Morgan fingerprint density at radius 3 is 2.80 bits per heavy atom. The van der Waals surface area contributed by atoms with E-state index >= 15 is 0 Å². The maximum absolute atomic E-state index is 12.2. The molecule has 2 aromatic rings. The number of benzene rings is 1. The van der Waals surface area contributed by atoms with E-state index in [1.165, 1.54) is 0 Å². The second kappa shape index (κ2) is 8.92. The number of carbonyl (C=O) groups excluding carboxylic acids is 1. The Kier molecular flexibility index (Phi) is 6.62. The van der Waals surface area contributed by atoms with Crippen molar-refractivity contribution in [2.75, 3.05) is 20.8 Å². The molecule has 1 amide bonds. The summed E-state index contributed by atoms with van der Waals surface area (Å²) in [7, 11) is 5.23. The second-order valence-electron chi connectivity index (χ2n) is 5.81. The molecule has 0 aliphatic rings. The molecule has 2 rings (SSSR count). The number of hydrogen-bond donors (Lipinski definition) is 0. The summed E-state index contributed by atoms with van der Waals surface area (Å²) in [5.41, 5.74) is 1.87. The standard InChI is InChI=1S/C19H25N3O3/c1-5-10-25-17-8-6-15(11-18(17)24-4)7-9-19(23)21(2)13-16-12-20-22(3)14-16/h6-9,11-12,14H,5,10,13H2,1-4H3/b9-7+. The first-order chi connectivity index (χ1) is 12.0. The van der Waals surface area contributed by atoms with Gasteiger partial charge in [-0.15, -0.1) is 0 Å². The number of likely N-dealkylation sites (N-methyl/N-ethyl adjacent to an activating group) is 1. The van der Waals surface area contributed by atoms with Crippen molar-refractivity contribution in [3.63, 3.8) is 0 Å².